The van der Waals surface area contributed by atoms with Gasteiger partial charge in [0.15, 0.2) is 0 Å². The Balaban J connectivity index is 2.60. The Hall–Kier alpha value is -1.34. The van der Waals surface area contributed by atoms with Crippen molar-refractivity contribution in [1.82, 2.24) is 0 Å². The van der Waals surface area contributed by atoms with Crippen LogP contribution in [-0.4, -0.2) is 0 Å². The van der Waals surface area contributed by atoms with Crippen LogP contribution in [0.25, 0.3) is 10.8 Å². The largest absolute Gasteiger partial charge is 0.324 e. The lowest BCUT2D eigenvalue weighted by Gasteiger charge is -2.09. The van der Waals surface area contributed by atoms with Crippen LogP contribution in [0.5, 0.6) is 0 Å². The molecular weight excluding hydrogens is 158 g/mol. The average molecular weight is 173 g/mol. The Morgan fingerprint density at radius 1 is 1.15 bits per heavy atom. The molecule has 0 spiro atoms. The van der Waals surface area contributed by atoms with Crippen molar-refractivity contribution in [3.8, 4) is 0 Å². The lowest BCUT2D eigenvalue weighted by Crippen LogP contribution is -2.05. The van der Waals surface area contributed by atoms with Crippen molar-refractivity contribution < 1.29 is 2.82 Å². The first kappa shape index (κ1) is 6.17. The monoisotopic (exact) mass is 173 g/mol. The number of nitrogens with two attached hydrogens (primary N) is 1. The van der Waals surface area contributed by atoms with Gasteiger partial charge in [-0.3, -0.25) is 0 Å². The van der Waals surface area contributed by atoms with Crippen molar-refractivity contribution in [2.75, 3.05) is 0 Å². The van der Waals surface area contributed by atoms with Gasteiger partial charge in [0, 0.05) is 6.04 Å². The molecule has 2 aromatic carbocycles. The smallest absolute Gasteiger partial charge is 0.119 e. The van der Waals surface area contributed by atoms with Crippen molar-refractivity contribution >= 4 is 10.8 Å². The predicted octanol–water partition coefficient (Wildman–Crippen LogP) is 2.86. The molecule has 66 valence electrons. The topological polar surface area (TPSA) is 26.0 Å². The lowest BCUT2D eigenvalue weighted by molar-refractivity contribution is 0.827. The van der Waals surface area contributed by atoms with E-state index >= 15 is 0 Å². The summed E-state index contributed by atoms with van der Waals surface area (Å²) in [5.74, 6) is 0. The summed E-state index contributed by atoms with van der Waals surface area (Å²) in [6.07, 6.45) is 0. The Labute approximate surface area is 81.1 Å². The van der Waals surface area contributed by atoms with Crippen molar-refractivity contribution in [1.29, 1.82) is 0 Å². The van der Waals surface area contributed by atoms with E-state index in [-0.39, 0.29) is 6.04 Å². The summed E-state index contributed by atoms with van der Waals surface area (Å²) in [4.78, 5) is 0. The maximum atomic E-state index is 7.30. The van der Waals surface area contributed by atoms with E-state index in [2.05, 4.69) is 0 Å². The summed E-state index contributed by atoms with van der Waals surface area (Å²) in [6.45, 7) is 1.86. The molecule has 0 aliphatic heterocycles. The van der Waals surface area contributed by atoms with Gasteiger partial charge in [-0.1, -0.05) is 42.5 Å². The van der Waals surface area contributed by atoms with Gasteiger partial charge in [-0.2, -0.15) is 0 Å². The highest BCUT2D eigenvalue weighted by Crippen LogP contribution is 2.22. The number of fused-ring (bicyclic) bond motifs is 1. The molecule has 13 heavy (non-hydrogen) atoms. The summed E-state index contributed by atoms with van der Waals surface area (Å²) in [6, 6.07) is 13.8. The zero-order valence-electron chi connectivity index (χ0n) is 9.57. The second-order valence-electron chi connectivity index (χ2n) is 3.24. The molecule has 0 fully saturated rings. The third-order valence-corrected chi connectivity index (χ3v) is 2.27. The fourth-order valence-corrected chi connectivity index (χ4v) is 1.61. The van der Waals surface area contributed by atoms with Crippen LogP contribution >= 0.6 is 0 Å². The summed E-state index contributed by atoms with van der Waals surface area (Å²) < 4.78 is 14.6. The van der Waals surface area contributed by atoms with Gasteiger partial charge in [-0.15, -0.1) is 0 Å². The molecule has 0 aromatic heterocycles. The molecule has 0 heterocycles. The molecule has 2 aromatic rings. The minimum atomic E-state index is -0.212. The van der Waals surface area contributed by atoms with Gasteiger partial charge in [-0.05, 0) is 23.3 Å². The molecule has 0 amide bonds. The highest BCUT2D eigenvalue weighted by atomic mass is 14.6. The molecular formula is C12H13N. The number of rotatable bonds is 2. The maximum Gasteiger partial charge on any atom is 0.119 e. The second-order valence-corrected chi connectivity index (χ2v) is 3.24. The van der Waals surface area contributed by atoms with Crippen LogP contribution < -0.4 is 5.72 Å². The van der Waals surface area contributed by atoms with E-state index in [0.29, 0.717) is 0 Å². The lowest BCUT2D eigenvalue weighted by atomic mass is 10.0. The molecule has 1 atom stereocenters. The standard InChI is InChI=1S/C12H13N/c1-9(13)11-8-4-6-10-5-2-3-7-12(10)11/h2-9H,13H2,1H3/i/hD2. The van der Waals surface area contributed by atoms with Crippen molar-refractivity contribution in [3.05, 3.63) is 48.0 Å². The highest BCUT2D eigenvalue weighted by molar-refractivity contribution is 5.85. The highest BCUT2D eigenvalue weighted by Gasteiger charge is 2.02. The fraction of sp³-hybridized carbons (Fsp3) is 0.167. The van der Waals surface area contributed by atoms with E-state index in [4.69, 9.17) is 2.82 Å². The SMILES string of the molecule is [2H]N([2H])C(C)c1cccc2ccccc12. The average Bonchev–Trinajstić information content (AvgIpc) is 2.27. The zero-order valence-corrected chi connectivity index (χ0v) is 7.57. The zero-order chi connectivity index (χ0) is 10.8. The van der Waals surface area contributed by atoms with Crippen molar-refractivity contribution in [2.45, 2.75) is 13.0 Å². The summed E-state index contributed by atoms with van der Waals surface area (Å²) in [7, 11) is 0. The van der Waals surface area contributed by atoms with Gasteiger partial charge >= 0.3 is 0 Å². The summed E-state index contributed by atoms with van der Waals surface area (Å²) >= 11 is 0. The predicted molar refractivity (Wildman–Crippen MR) is 56.6 cm³/mol. The number of hydrogen-bond donors (Lipinski definition) is 1. The Morgan fingerprint density at radius 3 is 2.77 bits per heavy atom. The van der Waals surface area contributed by atoms with E-state index in [1.165, 1.54) is 0 Å². The van der Waals surface area contributed by atoms with E-state index < -0.39 is 0 Å². The molecule has 0 radical (unpaired) electrons. The molecule has 1 unspecified atom stereocenters. The third-order valence-electron chi connectivity index (χ3n) is 2.27. The number of benzene rings is 2. The first-order chi connectivity index (χ1) is 7.20. The number of hydrogen-bond acceptors (Lipinski definition) is 1. The Morgan fingerprint density at radius 2 is 1.92 bits per heavy atom. The second kappa shape index (κ2) is 3.19. The van der Waals surface area contributed by atoms with Crippen LogP contribution in [0.3, 0.4) is 0 Å². The first-order valence-electron chi connectivity index (χ1n) is 5.34. The minimum absolute atomic E-state index is 0.212. The summed E-state index contributed by atoms with van der Waals surface area (Å²) in [5.41, 5.74) is 1.76. The molecule has 0 saturated carbocycles. The van der Waals surface area contributed by atoms with Crippen molar-refractivity contribution in [2.24, 2.45) is 5.72 Å². The third kappa shape index (κ3) is 1.43. The van der Waals surface area contributed by atoms with Crippen LogP contribution in [0.1, 0.15) is 18.5 Å². The van der Waals surface area contributed by atoms with E-state index in [1.54, 1.807) is 0 Å². The fourth-order valence-electron chi connectivity index (χ4n) is 1.61. The van der Waals surface area contributed by atoms with Crippen LogP contribution in [0.2, 0.25) is 2.82 Å². The van der Waals surface area contributed by atoms with Crippen molar-refractivity contribution in [3.63, 3.8) is 0 Å². The van der Waals surface area contributed by atoms with Gasteiger partial charge in [0.05, 0.1) is 0 Å². The van der Waals surface area contributed by atoms with Gasteiger partial charge in [0.2, 0.25) is 0 Å². The van der Waals surface area contributed by atoms with E-state index in [9.17, 15) is 0 Å². The minimum Gasteiger partial charge on any atom is -0.324 e. The molecule has 1 heteroatoms. The quantitative estimate of drug-likeness (QED) is 0.742. The molecule has 2 N–H and O–H groups in total. The molecule has 0 aliphatic rings. The molecule has 0 saturated heterocycles. The first-order valence-corrected chi connectivity index (χ1v) is 4.45. The Kier molecular flexibility index (Phi) is 1.51. The van der Waals surface area contributed by atoms with Crippen LogP contribution in [0, 0.1) is 0 Å². The van der Waals surface area contributed by atoms with Crippen LogP contribution in [0.15, 0.2) is 42.5 Å². The van der Waals surface area contributed by atoms with Crippen LogP contribution in [0.4, 0.5) is 0 Å². The Bertz CT molecular complexity index is 463. The summed E-state index contributed by atoms with van der Waals surface area (Å²) in [5, 5.41) is 2.28. The molecule has 0 bridgehead atoms. The normalized spacial score (nSPS) is 15.5. The molecule has 0 aliphatic carbocycles. The van der Waals surface area contributed by atoms with Gasteiger partial charge in [-0.25, -0.2) is 0 Å². The van der Waals surface area contributed by atoms with E-state index in [1.807, 2.05) is 49.4 Å². The molecule has 1 nitrogen and oxygen atoms in total. The molecule has 2 rings (SSSR count). The van der Waals surface area contributed by atoms with E-state index in [0.717, 1.165) is 22.1 Å². The van der Waals surface area contributed by atoms with Gasteiger partial charge in [0.25, 0.3) is 0 Å². The van der Waals surface area contributed by atoms with Gasteiger partial charge in [0.1, 0.15) is 2.82 Å². The van der Waals surface area contributed by atoms with Gasteiger partial charge < -0.3 is 5.72 Å². The van der Waals surface area contributed by atoms with Crippen LogP contribution in [-0.2, 0) is 0 Å². The maximum absolute atomic E-state index is 7.30.